The highest BCUT2D eigenvalue weighted by Crippen LogP contribution is 2.53. The summed E-state index contributed by atoms with van der Waals surface area (Å²) in [4.78, 5) is 5.08. The molecule has 0 amide bonds. The number of rotatable bonds is 5. The molecule has 9 aromatic carbocycles. The maximum Gasteiger partial charge on any atom is 0.252 e. The van der Waals surface area contributed by atoms with Crippen molar-refractivity contribution in [1.29, 1.82) is 0 Å². The van der Waals surface area contributed by atoms with Gasteiger partial charge in [-0.1, -0.05) is 159 Å². The zero-order valence-corrected chi connectivity index (χ0v) is 44.9. The Bertz CT molecular complexity index is 4010. The molecule has 0 saturated heterocycles. The van der Waals surface area contributed by atoms with Gasteiger partial charge in [0, 0.05) is 56.4 Å². The highest BCUT2D eigenvalue weighted by molar-refractivity contribution is 7.00. The molecule has 0 atom stereocenters. The fourth-order valence-electron chi connectivity index (χ4n) is 12.8. The van der Waals surface area contributed by atoms with Crippen LogP contribution in [0.5, 0.6) is 11.5 Å². The molecule has 4 heterocycles. The van der Waals surface area contributed by atoms with E-state index in [1.807, 2.05) is 6.07 Å². The van der Waals surface area contributed by atoms with Crippen LogP contribution < -0.4 is 35.7 Å². The van der Waals surface area contributed by atoms with Crippen molar-refractivity contribution < 1.29 is 13.9 Å². The van der Waals surface area contributed by atoms with E-state index in [0.29, 0.717) is 13.2 Å². The average Bonchev–Trinajstić information content (AvgIpc) is 4.08. The molecule has 0 saturated carbocycles. The fraction of sp³-hybridized carbons (Fsp3) is 0.200. The van der Waals surface area contributed by atoms with Gasteiger partial charge in [-0.25, -0.2) is 0 Å². The van der Waals surface area contributed by atoms with E-state index >= 15 is 0 Å². The first-order chi connectivity index (χ1) is 36.6. The van der Waals surface area contributed by atoms with Crippen LogP contribution in [-0.2, 0) is 16.2 Å². The monoisotopic (exact) mass is 988 g/mol. The number of anilines is 6. The van der Waals surface area contributed by atoms with Crippen molar-refractivity contribution in [2.75, 3.05) is 23.0 Å². The predicted molar refractivity (Wildman–Crippen MR) is 317 cm³/mol. The van der Waals surface area contributed by atoms with Crippen LogP contribution in [0.3, 0.4) is 0 Å². The van der Waals surface area contributed by atoms with E-state index in [4.69, 9.17) is 13.9 Å². The lowest BCUT2D eigenvalue weighted by molar-refractivity contribution is 0.172. The Labute approximate surface area is 447 Å². The SMILES string of the molecule is Cc1cc2c3c(c1)N(c1ccc(C(C)(C)C)cc1-c1ccccc1)c1cc4c(cc1B3c1cc(C(C)(C)C)ccc1N2c1cc(-c2ccc3c(c2)C(C)(C)c2ccccc2-3)cc(-c2cc3ccccc3o2)c1)OCCO4. The van der Waals surface area contributed by atoms with Crippen LogP contribution in [0.15, 0.2) is 186 Å². The molecule has 0 spiro atoms. The van der Waals surface area contributed by atoms with E-state index < -0.39 is 0 Å². The summed E-state index contributed by atoms with van der Waals surface area (Å²) < 4.78 is 19.8. The molecule has 0 bridgehead atoms. The third kappa shape index (κ3) is 7.20. The molecule has 6 heteroatoms. The third-order valence-electron chi connectivity index (χ3n) is 16.7. The predicted octanol–water partition coefficient (Wildman–Crippen LogP) is 16.5. The molecule has 1 aliphatic carbocycles. The first-order valence-electron chi connectivity index (χ1n) is 27.0. The second-order valence-corrected chi connectivity index (χ2v) is 24.1. The number of benzene rings is 9. The molecule has 5 nitrogen and oxygen atoms in total. The van der Waals surface area contributed by atoms with Gasteiger partial charge in [0.25, 0.3) is 6.71 Å². The van der Waals surface area contributed by atoms with Crippen molar-refractivity contribution in [1.82, 2.24) is 0 Å². The molecule has 76 heavy (non-hydrogen) atoms. The number of fused-ring (bicyclic) bond motifs is 9. The number of aryl methyl sites for hydroxylation is 1. The molecule has 0 N–H and O–H groups in total. The van der Waals surface area contributed by atoms with Gasteiger partial charge in [0.05, 0.1) is 5.69 Å². The molecule has 4 aliphatic rings. The van der Waals surface area contributed by atoms with Gasteiger partial charge >= 0.3 is 0 Å². The Balaban J connectivity index is 1.06. The molecule has 0 fully saturated rings. The van der Waals surface area contributed by atoms with Crippen molar-refractivity contribution in [3.8, 4) is 56.2 Å². The van der Waals surface area contributed by atoms with Crippen molar-refractivity contribution in [3.05, 3.63) is 210 Å². The Morgan fingerprint density at radius 1 is 0.461 bits per heavy atom. The van der Waals surface area contributed by atoms with Crippen LogP contribution in [0.1, 0.15) is 83.2 Å². The molecule has 14 rings (SSSR count). The summed E-state index contributed by atoms with van der Waals surface area (Å²) in [5.74, 6) is 2.39. The van der Waals surface area contributed by atoms with E-state index in [9.17, 15) is 0 Å². The molecule has 1 aromatic heterocycles. The largest absolute Gasteiger partial charge is 0.486 e. The quantitative estimate of drug-likeness (QED) is 0.161. The van der Waals surface area contributed by atoms with E-state index in [1.165, 1.54) is 72.0 Å². The molecule has 10 aromatic rings. The second-order valence-electron chi connectivity index (χ2n) is 24.1. The van der Waals surface area contributed by atoms with Gasteiger partial charge in [0.15, 0.2) is 11.5 Å². The molecular weight excluding hydrogens is 928 g/mol. The highest BCUT2D eigenvalue weighted by atomic mass is 16.6. The smallest absolute Gasteiger partial charge is 0.252 e. The minimum atomic E-state index is -0.153. The van der Waals surface area contributed by atoms with Gasteiger partial charge in [-0.05, 0) is 163 Å². The van der Waals surface area contributed by atoms with Crippen LogP contribution in [-0.4, -0.2) is 19.9 Å². The summed E-state index contributed by atoms with van der Waals surface area (Å²) in [6.45, 7) is 21.7. The fourth-order valence-corrected chi connectivity index (χ4v) is 12.8. The third-order valence-corrected chi connectivity index (χ3v) is 16.7. The maximum absolute atomic E-state index is 6.79. The lowest BCUT2D eigenvalue weighted by Crippen LogP contribution is -2.61. The lowest BCUT2D eigenvalue weighted by Gasteiger charge is -2.45. The van der Waals surface area contributed by atoms with Gasteiger partial charge in [-0.3, -0.25) is 0 Å². The van der Waals surface area contributed by atoms with Gasteiger partial charge in [-0.15, -0.1) is 0 Å². The molecular formula is C70H61BN2O3. The topological polar surface area (TPSA) is 38.1 Å². The first-order valence-corrected chi connectivity index (χ1v) is 27.0. The van der Waals surface area contributed by atoms with Gasteiger partial charge in [-0.2, -0.15) is 0 Å². The summed E-state index contributed by atoms with van der Waals surface area (Å²) in [6.07, 6.45) is 0. The van der Waals surface area contributed by atoms with Crippen LogP contribution in [0.2, 0.25) is 0 Å². The van der Waals surface area contributed by atoms with Gasteiger partial charge < -0.3 is 23.7 Å². The van der Waals surface area contributed by atoms with Crippen molar-refractivity contribution >= 4 is 68.2 Å². The zero-order valence-electron chi connectivity index (χ0n) is 44.9. The van der Waals surface area contributed by atoms with Crippen LogP contribution in [0, 0.1) is 6.92 Å². The number of furan rings is 1. The van der Waals surface area contributed by atoms with Gasteiger partial charge in [0.1, 0.15) is 24.6 Å². The minimum absolute atomic E-state index is 0.0640. The van der Waals surface area contributed by atoms with Crippen molar-refractivity contribution in [2.45, 2.75) is 78.6 Å². The highest BCUT2D eigenvalue weighted by Gasteiger charge is 2.46. The standard InChI is InChI=1S/C70H61BN2O3/c1-42-31-61-67-62(32-42)73(58-27-24-48(68(2,3)4)38-53(58)43-17-11-10-12-18-43)60-41-66-65(74-29-30-75-66)40-57(60)71(67)56-39-49(69(5,6)7)25-28-59(56)72(61)50-34-46(33-47(35-50)64-37-45-19-13-16-22-63(45)76-64)44-23-26-52-51-20-14-15-21-54(51)70(8,9)55(52)36-44/h10-28,31-41H,29-30H2,1-9H3. The lowest BCUT2D eigenvalue weighted by atomic mass is 9.33. The molecule has 0 unspecified atom stereocenters. The number of ether oxygens (including phenoxy) is 2. The van der Waals surface area contributed by atoms with Gasteiger partial charge in [0.2, 0.25) is 0 Å². The summed E-state index contributed by atoms with van der Waals surface area (Å²) in [6, 6.07) is 68.2. The molecule has 0 radical (unpaired) electrons. The van der Waals surface area contributed by atoms with Crippen LogP contribution >= 0.6 is 0 Å². The van der Waals surface area contributed by atoms with E-state index in [0.717, 1.165) is 73.5 Å². The first kappa shape index (κ1) is 46.3. The normalized spacial score (nSPS) is 14.8. The summed E-state index contributed by atoms with van der Waals surface area (Å²) >= 11 is 0. The summed E-state index contributed by atoms with van der Waals surface area (Å²) in [7, 11) is 0. The molecule has 3 aliphatic heterocycles. The molecule has 372 valence electrons. The second kappa shape index (κ2) is 16.6. The number of hydrogen-bond donors (Lipinski definition) is 0. The number of nitrogens with zero attached hydrogens (tertiary/aromatic N) is 2. The Morgan fingerprint density at radius 3 is 1.87 bits per heavy atom. The Hall–Kier alpha value is -8.22. The van der Waals surface area contributed by atoms with Crippen molar-refractivity contribution in [3.63, 3.8) is 0 Å². The number of hydrogen-bond acceptors (Lipinski definition) is 5. The van der Waals surface area contributed by atoms with E-state index in [1.54, 1.807) is 0 Å². The minimum Gasteiger partial charge on any atom is -0.486 e. The maximum atomic E-state index is 6.79. The Morgan fingerprint density at radius 2 is 1.11 bits per heavy atom. The zero-order chi connectivity index (χ0) is 52.0. The van der Waals surface area contributed by atoms with Crippen LogP contribution in [0.25, 0.3) is 55.7 Å². The van der Waals surface area contributed by atoms with E-state index in [-0.39, 0.29) is 23.0 Å². The summed E-state index contributed by atoms with van der Waals surface area (Å²) in [5.41, 5.74) is 25.7. The van der Waals surface area contributed by atoms with E-state index in [2.05, 4.69) is 248 Å². The van der Waals surface area contributed by atoms with Crippen LogP contribution in [0.4, 0.5) is 34.1 Å². The summed E-state index contributed by atoms with van der Waals surface area (Å²) in [5, 5.41) is 1.08. The van der Waals surface area contributed by atoms with Crippen molar-refractivity contribution in [2.24, 2.45) is 0 Å². The Kier molecular flexibility index (Phi) is 10.1. The average molecular weight is 989 g/mol. The number of para-hydroxylation sites is 1.